The van der Waals surface area contributed by atoms with Gasteiger partial charge in [0.25, 0.3) is 0 Å². The summed E-state index contributed by atoms with van der Waals surface area (Å²) in [4.78, 5) is 21.5. The maximum Gasteiger partial charge on any atom is 0.345 e. The van der Waals surface area contributed by atoms with Gasteiger partial charge in [0, 0.05) is 27.9 Å². The number of hydrogen-bond donors (Lipinski definition) is 2. The van der Waals surface area contributed by atoms with Crippen LogP contribution in [0.4, 0.5) is 0 Å². The fraction of sp³-hybridized carbons (Fsp3) is 0.143. The fourth-order valence-corrected chi connectivity index (χ4v) is 2.31. The van der Waals surface area contributed by atoms with Crippen molar-refractivity contribution in [1.29, 1.82) is 0 Å². The second kappa shape index (κ2) is 3.84. The number of rotatable bonds is 1. The Hall–Kier alpha value is -2.36. The number of fused-ring (bicyclic) bond motifs is 1. The highest BCUT2D eigenvalue weighted by Crippen LogP contribution is 2.30. The van der Waals surface area contributed by atoms with E-state index in [1.165, 1.54) is 0 Å². The van der Waals surface area contributed by atoms with Gasteiger partial charge in [0.2, 0.25) is 0 Å². The molecular formula is C14H13N3O. The highest BCUT2D eigenvalue weighted by molar-refractivity contribution is 5.96. The molecule has 90 valence electrons. The molecular weight excluding hydrogens is 226 g/mol. The van der Waals surface area contributed by atoms with E-state index in [2.05, 4.69) is 15.0 Å². The normalized spacial score (nSPS) is 11.0. The van der Waals surface area contributed by atoms with Gasteiger partial charge in [-0.3, -0.25) is 0 Å². The van der Waals surface area contributed by atoms with Gasteiger partial charge in [-0.05, 0) is 26.0 Å². The Balaban J connectivity index is 2.37. The van der Waals surface area contributed by atoms with E-state index in [1.807, 2.05) is 44.2 Å². The van der Waals surface area contributed by atoms with Crippen LogP contribution in [0.3, 0.4) is 0 Å². The van der Waals surface area contributed by atoms with Gasteiger partial charge in [0.15, 0.2) is 0 Å². The number of aromatic nitrogens is 3. The molecule has 0 fully saturated rings. The van der Waals surface area contributed by atoms with E-state index in [-0.39, 0.29) is 5.69 Å². The second-order valence-electron chi connectivity index (χ2n) is 4.43. The highest BCUT2D eigenvalue weighted by atomic mass is 16.1. The Kier molecular flexibility index (Phi) is 2.30. The molecule has 0 aliphatic heterocycles. The van der Waals surface area contributed by atoms with Crippen LogP contribution >= 0.6 is 0 Å². The van der Waals surface area contributed by atoms with Crippen molar-refractivity contribution in [3.8, 4) is 11.3 Å². The van der Waals surface area contributed by atoms with Gasteiger partial charge in [0.05, 0.1) is 5.69 Å². The second-order valence-corrected chi connectivity index (χ2v) is 4.43. The summed E-state index contributed by atoms with van der Waals surface area (Å²) in [7, 11) is 0. The van der Waals surface area contributed by atoms with Crippen molar-refractivity contribution in [3.63, 3.8) is 0 Å². The van der Waals surface area contributed by atoms with E-state index in [0.29, 0.717) is 5.69 Å². The zero-order chi connectivity index (χ0) is 12.7. The van der Waals surface area contributed by atoms with Gasteiger partial charge in [-0.25, -0.2) is 4.79 Å². The summed E-state index contributed by atoms with van der Waals surface area (Å²) in [5.74, 6) is 0. The van der Waals surface area contributed by atoms with Crippen LogP contribution in [0, 0.1) is 13.8 Å². The Bertz CT molecular complexity index is 783. The van der Waals surface area contributed by atoms with E-state index in [4.69, 9.17) is 0 Å². The molecule has 0 saturated carbocycles. The molecule has 0 radical (unpaired) electrons. The lowest BCUT2D eigenvalue weighted by atomic mass is 10.1. The topological polar surface area (TPSA) is 61.5 Å². The first-order chi connectivity index (χ1) is 8.65. The van der Waals surface area contributed by atoms with Gasteiger partial charge in [-0.1, -0.05) is 18.2 Å². The molecule has 0 atom stereocenters. The smallest absolute Gasteiger partial charge is 0.345 e. The minimum Gasteiger partial charge on any atom is -0.358 e. The molecule has 2 N–H and O–H groups in total. The summed E-state index contributed by atoms with van der Waals surface area (Å²) in [6.45, 7) is 3.85. The molecule has 18 heavy (non-hydrogen) atoms. The summed E-state index contributed by atoms with van der Waals surface area (Å²) in [5, 5.41) is 1.09. The van der Waals surface area contributed by atoms with Crippen LogP contribution in [0.1, 0.15) is 11.4 Å². The lowest BCUT2D eigenvalue weighted by molar-refractivity contribution is 1.03. The third-order valence-corrected chi connectivity index (χ3v) is 3.03. The molecule has 0 saturated heterocycles. The van der Waals surface area contributed by atoms with Crippen LogP contribution in [-0.2, 0) is 0 Å². The summed E-state index contributed by atoms with van der Waals surface area (Å²) in [6, 6.07) is 9.92. The average Bonchev–Trinajstić information content (AvgIpc) is 2.63. The standard InChI is InChI=1S/C14H13N3O/c1-8-7-12(17-14(18)15-8)13-9(2)16-11-6-4-3-5-10(11)13/h3-7,16H,1-2H3,(H,15,17,18). The average molecular weight is 239 g/mol. The SMILES string of the molecule is Cc1cc(-c2c(C)[nH]c3ccccc23)nc(=O)[nH]1. The third kappa shape index (κ3) is 1.62. The van der Waals surface area contributed by atoms with E-state index in [1.54, 1.807) is 0 Å². The van der Waals surface area contributed by atoms with Crippen molar-refractivity contribution in [2.45, 2.75) is 13.8 Å². The minimum atomic E-state index is -0.310. The number of para-hydroxylation sites is 1. The van der Waals surface area contributed by atoms with E-state index in [9.17, 15) is 4.79 Å². The Morgan fingerprint density at radius 3 is 2.67 bits per heavy atom. The molecule has 2 aromatic heterocycles. The van der Waals surface area contributed by atoms with Gasteiger partial charge < -0.3 is 9.97 Å². The summed E-state index contributed by atoms with van der Waals surface area (Å²) < 4.78 is 0. The molecule has 0 spiro atoms. The Morgan fingerprint density at radius 1 is 1.11 bits per heavy atom. The van der Waals surface area contributed by atoms with Crippen LogP contribution in [0.2, 0.25) is 0 Å². The zero-order valence-electron chi connectivity index (χ0n) is 10.2. The van der Waals surface area contributed by atoms with Crippen molar-refractivity contribution in [3.05, 3.63) is 52.2 Å². The van der Waals surface area contributed by atoms with Crippen LogP contribution in [-0.4, -0.2) is 15.0 Å². The lowest BCUT2D eigenvalue weighted by Gasteiger charge is -2.01. The first kappa shape index (κ1) is 10.8. The van der Waals surface area contributed by atoms with Crippen LogP contribution in [0.15, 0.2) is 35.1 Å². The molecule has 4 heteroatoms. The number of aromatic amines is 2. The lowest BCUT2D eigenvalue weighted by Crippen LogP contribution is -2.12. The molecule has 2 heterocycles. The molecule has 0 bridgehead atoms. The van der Waals surface area contributed by atoms with Crippen LogP contribution < -0.4 is 5.69 Å². The maximum atomic E-state index is 11.5. The number of aryl methyl sites for hydroxylation is 2. The molecule has 1 aromatic carbocycles. The number of H-pyrrole nitrogens is 2. The molecule has 0 unspecified atom stereocenters. The monoisotopic (exact) mass is 239 g/mol. The number of hydrogen-bond acceptors (Lipinski definition) is 2. The first-order valence-corrected chi connectivity index (χ1v) is 5.81. The molecule has 0 amide bonds. The van der Waals surface area contributed by atoms with Crippen LogP contribution in [0.5, 0.6) is 0 Å². The highest BCUT2D eigenvalue weighted by Gasteiger charge is 2.12. The van der Waals surface area contributed by atoms with Gasteiger partial charge in [-0.2, -0.15) is 4.98 Å². The fourth-order valence-electron chi connectivity index (χ4n) is 2.31. The van der Waals surface area contributed by atoms with Crippen LogP contribution in [0.25, 0.3) is 22.2 Å². The zero-order valence-corrected chi connectivity index (χ0v) is 10.2. The number of benzene rings is 1. The Morgan fingerprint density at radius 2 is 1.89 bits per heavy atom. The number of nitrogens with one attached hydrogen (secondary N) is 2. The molecule has 0 aliphatic rings. The van der Waals surface area contributed by atoms with Crippen molar-refractivity contribution in [2.75, 3.05) is 0 Å². The Labute approximate surface area is 104 Å². The van der Waals surface area contributed by atoms with Gasteiger partial charge in [0.1, 0.15) is 0 Å². The summed E-state index contributed by atoms with van der Waals surface area (Å²) >= 11 is 0. The largest absolute Gasteiger partial charge is 0.358 e. The minimum absolute atomic E-state index is 0.310. The molecule has 3 rings (SSSR count). The van der Waals surface area contributed by atoms with Crippen molar-refractivity contribution in [2.24, 2.45) is 0 Å². The summed E-state index contributed by atoms with van der Waals surface area (Å²) in [6.07, 6.45) is 0. The molecule has 0 aliphatic carbocycles. The van der Waals surface area contributed by atoms with Gasteiger partial charge >= 0.3 is 5.69 Å². The van der Waals surface area contributed by atoms with E-state index in [0.717, 1.165) is 27.9 Å². The molecule has 4 nitrogen and oxygen atoms in total. The third-order valence-electron chi connectivity index (χ3n) is 3.03. The van der Waals surface area contributed by atoms with Crippen molar-refractivity contribution < 1.29 is 0 Å². The van der Waals surface area contributed by atoms with Gasteiger partial charge in [-0.15, -0.1) is 0 Å². The quantitative estimate of drug-likeness (QED) is 0.685. The van der Waals surface area contributed by atoms with Crippen molar-refractivity contribution in [1.82, 2.24) is 15.0 Å². The summed E-state index contributed by atoms with van der Waals surface area (Å²) in [5.41, 5.74) is 4.30. The van der Waals surface area contributed by atoms with Crippen molar-refractivity contribution >= 4 is 10.9 Å². The first-order valence-electron chi connectivity index (χ1n) is 5.81. The molecule has 3 aromatic rings. The predicted molar refractivity (Wildman–Crippen MR) is 71.6 cm³/mol. The van der Waals surface area contributed by atoms with E-state index < -0.39 is 0 Å². The predicted octanol–water partition coefficient (Wildman–Crippen LogP) is 2.54. The number of nitrogens with zero attached hydrogens (tertiary/aromatic N) is 1. The maximum absolute atomic E-state index is 11.5. The van der Waals surface area contributed by atoms with E-state index >= 15 is 0 Å².